The largest absolute Gasteiger partial charge is 0.451 e. The first kappa shape index (κ1) is 26.2. The van der Waals surface area contributed by atoms with Crippen molar-refractivity contribution in [2.45, 2.75) is 30.4 Å². The smallest absolute Gasteiger partial charge is 0.324 e. The summed E-state index contributed by atoms with van der Waals surface area (Å²) in [6.07, 6.45) is -0.0973. The van der Waals surface area contributed by atoms with Crippen molar-refractivity contribution >= 4 is 27.4 Å². The molecule has 1 aromatic heterocycles. The normalized spacial score (nSPS) is 11.9. The molecular weight excluding hydrogens is 484 g/mol. The molecule has 182 valence electrons. The third-order valence-electron chi connectivity index (χ3n) is 4.97. The lowest BCUT2D eigenvalue weighted by atomic mass is 10.0. The van der Waals surface area contributed by atoms with Crippen LogP contribution in [0.1, 0.15) is 28.5 Å². The molecule has 0 spiro atoms. The molecule has 0 aliphatic carbocycles. The van der Waals surface area contributed by atoms with E-state index in [4.69, 9.17) is 15.0 Å². The van der Waals surface area contributed by atoms with Crippen molar-refractivity contribution in [2.24, 2.45) is 5.73 Å². The fourth-order valence-corrected chi connectivity index (χ4v) is 4.20. The zero-order valence-corrected chi connectivity index (χ0v) is 20.7. The van der Waals surface area contributed by atoms with Crippen LogP contribution in [0.5, 0.6) is 0 Å². The van der Waals surface area contributed by atoms with Gasteiger partial charge in [0.2, 0.25) is 0 Å². The van der Waals surface area contributed by atoms with Crippen molar-refractivity contribution in [1.29, 1.82) is 0 Å². The number of nitrogens with two attached hydrogens (primary N) is 1. The zero-order valence-electron chi connectivity index (χ0n) is 19.0. The fourth-order valence-electron chi connectivity index (χ4n) is 3.14. The average Bonchev–Trinajstić information content (AvgIpc) is 3.36. The predicted molar refractivity (Wildman–Crippen MR) is 136 cm³/mol. The number of aryl methyl sites for hydroxylation is 1. The van der Waals surface area contributed by atoms with Gasteiger partial charge in [-0.05, 0) is 30.2 Å². The standard InChI is InChI=1S/C19H18N2O2S.C7H8O3S/c20-17(11-16-12-24-13-21-16)19(22)23-18(14-7-3-1-4-8-14)15-9-5-2-6-10-15;1-6-2-4-7(5-3-6)11(8,9)10/h1-10,12-13,17-18H,11,20H2;2-5H,1H3,(H,8,9,10). The molecule has 0 fully saturated rings. The Morgan fingerprint density at radius 2 is 1.51 bits per heavy atom. The molecule has 7 nitrogen and oxygen atoms in total. The highest BCUT2D eigenvalue weighted by Crippen LogP contribution is 2.26. The molecule has 9 heteroatoms. The van der Waals surface area contributed by atoms with E-state index >= 15 is 0 Å². The molecule has 4 aromatic rings. The number of thiazole rings is 1. The Kier molecular flexibility index (Phi) is 9.27. The van der Waals surface area contributed by atoms with Gasteiger partial charge in [-0.25, -0.2) is 4.98 Å². The summed E-state index contributed by atoms with van der Waals surface area (Å²) >= 11 is 1.48. The maximum Gasteiger partial charge on any atom is 0.324 e. The van der Waals surface area contributed by atoms with E-state index in [0.717, 1.165) is 22.4 Å². The molecule has 35 heavy (non-hydrogen) atoms. The van der Waals surface area contributed by atoms with E-state index in [1.54, 1.807) is 17.6 Å². The van der Waals surface area contributed by atoms with Gasteiger partial charge < -0.3 is 10.5 Å². The molecule has 0 saturated carbocycles. The predicted octanol–water partition coefficient (Wildman–Crippen LogP) is 4.59. The van der Waals surface area contributed by atoms with Crippen molar-refractivity contribution in [2.75, 3.05) is 0 Å². The second-order valence-electron chi connectivity index (χ2n) is 7.72. The summed E-state index contributed by atoms with van der Waals surface area (Å²) in [6, 6.07) is 24.6. The van der Waals surface area contributed by atoms with E-state index in [-0.39, 0.29) is 4.90 Å². The van der Waals surface area contributed by atoms with Gasteiger partial charge in [0.25, 0.3) is 10.1 Å². The second-order valence-corrected chi connectivity index (χ2v) is 9.86. The highest BCUT2D eigenvalue weighted by molar-refractivity contribution is 7.85. The minimum absolute atomic E-state index is 0.0666. The maximum atomic E-state index is 12.5. The first-order valence-corrected chi connectivity index (χ1v) is 13.1. The maximum absolute atomic E-state index is 12.5. The van der Waals surface area contributed by atoms with Crippen LogP contribution in [0.2, 0.25) is 0 Å². The second kappa shape index (κ2) is 12.4. The van der Waals surface area contributed by atoms with E-state index in [9.17, 15) is 13.2 Å². The monoisotopic (exact) mass is 510 g/mol. The Labute approximate surface area is 209 Å². The number of hydrogen-bond donors (Lipinski definition) is 2. The van der Waals surface area contributed by atoms with E-state index in [1.807, 2.05) is 73.0 Å². The molecule has 0 aliphatic heterocycles. The Balaban J connectivity index is 0.000000261. The first-order chi connectivity index (χ1) is 16.7. The summed E-state index contributed by atoms with van der Waals surface area (Å²) in [5.41, 5.74) is 11.3. The Morgan fingerprint density at radius 1 is 0.971 bits per heavy atom. The van der Waals surface area contributed by atoms with Crippen LogP contribution in [0.25, 0.3) is 0 Å². The fraction of sp³-hybridized carbons (Fsp3) is 0.154. The summed E-state index contributed by atoms with van der Waals surface area (Å²) in [5.74, 6) is -0.430. The van der Waals surface area contributed by atoms with Crippen molar-refractivity contribution in [3.8, 4) is 0 Å². The number of esters is 1. The lowest BCUT2D eigenvalue weighted by Crippen LogP contribution is -2.35. The molecule has 1 atom stereocenters. The summed E-state index contributed by atoms with van der Waals surface area (Å²) in [7, 11) is -4.02. The lowest BCUT2D eigenvalue weighted by Gasteiger charge is -2.21. The minimum Gasteiger partial charge on any atom is -0.451 e. The van der Waals surface area contributed by atoms with Gasteiger partial charge in [-0.2, -0.15) is 8.42 Å². The Bertz CT molecular complexity index is 1260. The SMILES string of the molecule is Cc1ccc(S(=O)(=O)O)cc1.NC(Cc1cscn1)C(=O)OC(c1ccccc1)c1ccccc1. The molecule has 0 bridgehead atoms. The number of ether oxygens (including phenoxy) is 1. The van der Waals surface area contributed by atoms with Gasteiger partial charge in [0.1, 0.15) is 6.04 Å². The minimum atomic E-state index is -4.02. The Morgan fingerprint density at radius 3 is 1.97 bits per heavy atom. The third-order valence-corrected chi connectivity index (χ3v) is 6.48. The van der Waals surface area contributed by atoms with Crippen molar-refractivity contribution in [3.05, 3.63) is 118 Å². The van der Waals surface area contributed by atoms with Crippen LogP contribution in [0.3, 0.4) is 0 Å². The van der Waals surface area contributed by atoms with Crippen LogP contribution < -0.4 is 5.73 Å². The zero-order chi connectivity index (χ0) is 25.3. The molecule has 1 unspecified atom stereocenters. The number of carbonyl (C=O) groups excluding carboxylic acids is 1. The molecule has 1 heterocycles. The Hall–Kier alpha value is -3.37. The van der Waals surface area contributed by atoms with Crippen molar-refractivity contribution < 1.29 is 22.5 Å². The van der Waals surface area contributed by atoms with Crippen molar-refractivity contribution in [1.82, 2.24) is 4.98 Å². The molecule has 0 amide bonds. The van der Waals surface area contributed by atoms with Crippen LogP contribution >= 0.6 is 11.3 Å². The molecular formula is C26H26N2O5S2. The molecule has 3 aromatic carbocycles. The molecule has 0 radical (unpaired) electrons. The van der Waals surface area contributed by atoms with Crippen LogP contribution in [0.4, 0.5) is 0 Å². The lowest BCUT2D eigenvalue weighted by molar-refractivity contribution is -0.149. The number of rotatable bonds is 7. The van der Waals surface area contributed by atoms with Crippen LogP contribution in [0, 0.1) is 6.92 Å². The molecule has 3 N–H and O–H groups in total. The van der Waals surface area contributed by atoms with Gasteiger partial charge in [-0.3, -0.25) is 9.35 Å². The van der Waals surface area contributed by atoms with Gasteiger partial charge in [0, 0.05) is 11.8 Å². The summed E-state index contributed by atoms with van der Waals surface area (Å²) < 4.78 is 35.3. The van der Waals surface area contributed by atoms with Crippen LogP contribution in [-0.4, -0.2) is 30.0 Å². The molecule has 0 saturated heterocycles. The quantitative estimate of drug-likeness (QED) is 0.276. The number of aromatic nitrogens is 1. The number of carbonyl (C=O) groups is 1. The first-order valence-electron chi connectivity index (χ1n) is 10.7. The van der Waals surface area contributed by atoms with Gasteiger partial charge in [0.15, 0.2) is 6.10 Å². The summed E-state index contributed by atoms with van der Waals surface area (Å²) in [5, 5.41) is 1.89. The van der Waals surface area contributed by atoms with E-state index in [1.165, 1.54) is 23.5 Å². The number of nitrogens with zero attached hydrogens (tertiary/aromatic N) is 1. The number of benzene rings is 3. The van der Waals surface area contributed by atoms with Crippen LogP contribution in [-0.2, 0) is 26.1 Å². The van der Waals surface area contributed by atoms with Gasteiger partial charge in [-0.15, -0.1) is 11.3 Å². The molecule has 0 aliphatic rings. The van der Waals surface area contributed by atoms with Crippen LogP contribution in [0.15, 0.2) is 101 Å². The highest BCUT2D eigenvalue weighted by Gasteiger charge is 2.23. The van der Waals surface area contributed by atoms with E-state index < -0.39 is 28.2 Å². The molecule has 4 rings (SSSR count). The highest BCUT2D eigenvalue weighted by atomic mass is 32.2. The van der Waals surface area contributed by atoms with E-state index in [2.05, 4.69) is 4.98 Å². The number of hydrogen-bond acceptors (Lipinski definition) is 7. The van der Waals surface area contributed by atoms with E-state index in [0.29, 0.717) is 6.42 Å². The third kappa shape index (κ3) is 8.11. The van der Waals surface area contributed by atoms with Gasteiger partial charge in [0.05, 0.1) is 16.1 Å². The van der Waals surface area contributed by atoms with Gasteiger partial charge in [-0.1, -0.05) is 78.4 Å². The van der Waals surface area contributed by atoms with Crippen molar-refractivity contribution in [3.63, 3.8) is 0 Å². The topological polar surface area (TPSA) is 120 Å². The van der Waals surface area contributed by atoms with Gasteiger partial charge >= 0.3 is 5.97 Å². The average molecular weight is 511 g/mol. The summed E-state index contributed by atoms with van der Waals surface area (Å²) in [4.78, 5) is 16.6. The summed E-state index contributed by atoms with van der Waals surface area (Å²) in [6.45, 7) is 1.84.